The Hall–Kier alpha value is -3.16. The van der Waals surface area contributed by atoms with E-state index in [0.717, 1.165) is 64.2 Å². The zero-order chi connectivity index (χ0) is 58.9. The number of rotatable bonds is 56. The molecule has 0 aromatic carbocycles. The van der Waals surface area contributed by atoms with Crippen molar-refractivity contribution in [2.24, 2.45) is 0 Å². The Balaban J connectivity index is 2.59. The van der Waals surface area contributed by atoms with Crippen LogP contribution in [0.4, 0.5) is 0 Å². The van der Waals surface area contributed by atoms with Gasteiger partial charge in [0.25, 0.3) is 0 Å². The summed E-state index contributed by atoms with van der Waals surface area (Å²) in [5, 5.41) is 57.0. The first-order valence-electron chi connectivity index (χ1n) is 33.4. The normalized spacial score (nSPS) is 19.2. The number of esters is 1. The molecule has 11 heteroatoms. The smallest absolute Gasteiger partial charge is 0.306 e. The van der Waals surface area contributed by atoms with Gasteiger partial charge in [0.15, 0.2) is 12.4 Å². The van der Waals surface area contributed by atoms with Crippen molar-refractivity contribution in [2.45, 2.75) is 333 Å². The van der Waals surface area contributed by atoms with E-state index in [1.54, 1.807) is 6.08 Å². The molecular weight excluding hydrogens is 1010 g/mol. The second-order valence-electron chi connectivity index (χ2n) is 23.0. The van der Waals surface area contributed by atoms with E-state index in [2.05, 4.69) is 32.2 Å². The first-order chi connectivity index (χ1) is 39.7. The molecule has 1 aliphatic heterocycles. The number of unbranched alkanes of at least 4 members (excludes halogenated alkanes) is 35. The predicted octanol–water partition coefficient (Wildman–Crippen LogP) is 16.5. The molecule has 1 saturated heterocycles. The van der Waals surface area contributed by atoms with Crippen LogP contribution in [0, 0.1) is 0 Å². The minimum Gasteiger partial charge on any atom is -0.454 e. The third kappa shape index (κ3) is 45.0. The highest BCUT2D eigenvalue weighted by Gasteiger charge is 2.47. The van der Waals surface area contributed by atoms with Crippen LogP contribution in [0.25, 0.3) is 0 Å². The standard InChI is InChI=1S/C70H123NO10/c1-4-7-10-13-16-19-22-24-26-28-29-30-31-32-33-34-35-36-38-40-43-46-49-52-55-58-65(75)81-68-67(77)66(76)64(59-72)80-70(68)79-60-61(62(73)56-53-50-47-44-41-21-18-15-12-9-6-3)71-69(78)63(74)57-54-51-48-45-42-39-37-27-25-23-20-17-14-11-8-5-2/h8,11,14,17,20,23,25,27,37,39,42,45,53,56,61-64,66-68,70,72-74,76-77H,4-7,9-10,12-13,15-16,18-19,21-22,24,26,28-36,38,40-41,43-44,46-52,54-55,57-60H2,1-3H3,(H,71,78)/b11-8-,17-14+,23-20+,27-25-,39-37+,45-42+,56-53+. The molecular formula is C70H123NO10. The highest BCUT2D eigenvalue weighted by molar-refractivity contribution is 5.80. The predicted molar refractivity (Wildman–Crippen MR) is 338 cm³/mol. The van der Waals surface area contributed by atoms with Crippen LogP contribution in [-0.4, -0.2) is 99.6 Å². The monoisotopic (exact) mass is 1140 g/mol. The number of aliphatic hydroxyl groups excluding tert-OH is 5. The van der Waals surface area contributed by atoms with Crippen molar-refractivity contribution in [3.63, 3.8) is 0 Å². The number of carbonyl (C=O) groups is 2. The molecule has 1 amide bonds. The van der Waals surface area contributed by atoms with Crippen LogP contribution in [0.1, 0.15) is 284 Å². The van der Waals surface area contributed by atoms with Crippen LogP contribution in [0.3, 0.4) is 0 Å². The Morgan fingerprint density at radius 1 is 0.494 bits per heavy atom. The zero-order valence-electron chi connectivity index (χ0n) is 51.9. The first kappa shape index (κ1) is 75.9. The summed E-state index contributed by atoms with van der Waals surface area (Å²) in [6.45, 7) is 5.63. The van der Waals surface area contributed by atoms with E-state index in [4.69, 9.17) is 14.2 Å². The van der Waals surface area contributed by atoms with Gasteiger partial charge in [0.1, 0.15) is 24.4 Å². The Morgan fingerprint density at radius 2 is 0.889 bits per heavy atom. The number of ether oxygens (including phenoxy) is 3. The van der Waals surface area contributed by atoms with E-state index in [0.29, 0.717) is 12.8 Å². The van der Waals surface area contributed by atoms with Gasteiger partial charge in [-0.05, 0) is 44.9 Å². The molecule has 1 heterocycles. The van der Waals surface area contributed by atoms with E-state index in [-0.39, 0.29) is 19.4 Å². The van der Waals surface area contributed by atoms with Crippen LogP contribution >= 0.6 is 0 Å². The van der Waals surface area contributed by atoms with Gasteiger partial charge in [-0.2, -0.15) is 0 Å². The molecule has 0 radical (unpaired) electrons. The summed E-state index contributed by atoms with van der Waals surface area (Å²) in [6, 6.07) is -1.05. The Kier molecular flexibility index (Phi) is 53.6. The summed E-state index contributed by atoms with van der Waals surface area (Å²) >= 11 is 0. The Bertz CT molecular complexity index is 1640. The molecule has 1 fully saturated rings. The van der Waals surface area contributed by atoms with Crippen molar-refractivity contribution in [3.8, 4) is 0 Å². The van der Waals surface area contributed by atoms with Gasteiger partial charge in [-0.1, -0.05) is 318 Å². The third-order valence-corrected chi connectivity index (χ3v) is 15.5. The van der Waals surface area contributed by atoms with Gasteiger partial charge in [0, 0.05) is 6.42 Å². The molecule has 0 aromatic heterocycles. The molecule has 0 aliphatic carbocycles. The number of aliphatic hydroxyl groups is 5. The Morgan fingerprint density at radius 3 is 1.33 bits per heavy atom. The van der Waals surface area contributed by atoms with Crippen molar-refractivity contribution in [2.75, 3.05) is 13.2 Å². The molecule has 6 N–H and O–H groups in total. The molecule has 81 heavy (non-hydrogen) atoms. The second kappa shape index (κ2) is 57.3. The molecule has 8 atom stereocenters. The van der Waals surface area contributed by atoms with Gasteiger partial charge >= 0.3 is 5.97 Å². The van der Waals surface area contributed by atoms with Gasteiger partial charge in [-0.25, -0.2) is 0 Å². The fourth-order valence-corrected chi connectivity index (χ4v) is 10.2. The average Bonchev–Trinajstić information content (AvgIpc) is 3.50. The summed E-state index contributed by atoms with van der Waals surface area (Å²) in [5.41, 5.74) is 0. The van der Waals surface area contributed by atoms with E-state index >= 15 is 0 Å². The van der Waals surface area contributed by atoms with Gasteiger partial charge in [0.05, 0.1) is 25.4 Å². The maximum absolute atomic E-state index is 13.4. The number of carbonyl (C=O) groups excluding carboxylic acids is 2. The van der Waals surface area contributed by atoms with Crippen molar-refractivity contribution in [3.05, 3.63) is 85.1 Å². The average molecular weight is 1140 g/mol. The number of allylic oxidation sites excluding steroid dienone is 13. The minimum absolute atomic E-state index is 0.118. The lowest BCUT2D eigenvalue weighted by molar-refractivity contribution is -0.305. The van der Waals surface area contributed by atoms with E-state index in [9.17, 15) is 35.1 Å². The van der Waals surface area contributed by atoms with Crippen LogP contribution < -0.4 is 5.32 Å². The van der Waals surface area contributed by atoms with E-state index in [1.807, 2.05) is 72.9 Å². The van der Waals surface area contributed by atoms with Crippen LogP contribution in [-0.2, 0) is 23.8 Å². The van der Waals surface area contributed by atoms with E-state index < -0.39 is 67.4 Å². The third-order valence-electron chi connectivity index (χ3n) is 15.5. The number of hydrogen-bond acceptors (Lipinski definition) is 10. The summed E-state index contributed by atoms with van der Waals surface area (Å²) in [7, 11) is 0. The SMILES string of the molecule is CC\C=C/C=C/C=C/C=C\C=C\C=C\CCCCC(O)C(=O)NC(COC1OC(CO)C(O)C(O)C1OC(=O)CCCCCCCCCCCCCCCCCCCCCCCCCCC)C(O)/C=C/CCCCCCCCCCC. The lowest BCUT2D eigenvalue weighted by atomic mass is 9.99. The fourth-order valence-electron chi connectivity index (χ4n) is 10.2. The molecule has 0 aromatic rings. The van der Waals surface area contributed by atoms with Crippen molar-refractivity contribution in [1.82, 2.24) is 5.32 Å². The Labute approximate surface area is 495 Å². The van der Waals surface area contributed by atoms with Crippen LogP contribution in [0.5, 0.6) is 0 Å². The summed E-state index contributed by atoms with van der Waals surface area (Å²) in [4.78, 5) is 26.6. The van der Waals surface area contributed by atoms with Crippen LogP contribution in [0.2, 0.25) is 0 Å². The highest BCUT2D eigenvalue weighted by Crippen LogP contribution is 2.26. The molecule has 1 aliphatic rings. The molecule has 8 unspecified atom stereocenters. The quantitative estimate of drug-likeness (QED) is 0.0149. The van der Waals surface area contributed by atoms with Crippen molar-refractivity contribution in [1.29, 1.82) is 0 Å². The summed E-state index contributed by atoms with van der Waals surface area (Å²) in [5.74, 6) is -1.24. The van der Waals surface area contributed by atoms with Gasteiger partial charge in [-0.15, -0.1) is 0 Å². The molecule has 0 bridgehead atoms. The van der Waals surface area contributed by atoms with E-state index in [1.165, 1.54) is 173 Å². The van der Waals surface area contributed by atoms with Gasteiger partial charge in [-0.3, -0.25) is 9.59 Å². The molecule has 11 nitrogen and oxygen atoms in total. The number of hydrogen-bond donors (Lipinski definition) is 6. The number of nitrogens with one attached hydrogen (secondary N) is 1. The maximum atomic E-state index is 13.4. The van der Waals surface area contributed by atoms with Crippen molar-refractivity contribution >= 4 is 11.9 Å². The number of amides is 1. The van der Waals surface area contributed by atoms with Crippen molar-refractivity contribution < 1.29 is 49.3 Å². The summed E-state index contributed by atoms with van der Waals surface area (Å²) in [6.07, 6.45) is 65.0. The highest BCUT2D eigenvalue weighted by atomic mass is 16.7. The maximum Gasteiger partial charge on any atom is 0.306 e. The topological polar surface area (TPSA) is 175 Å². The fraction of sp³-hybridized carbons (Fsp3) is 0.771. The second-order valence-corrected chi connectivity index (χ2v) is 23.0. The van der Waals surface area contributed by atoms with Crippen LogP contribution in [0.15, 0.2) is 85.1 Å². The minimum atomic E-state index is -1.62. The first-order valence-corrected chi connectivity index (χ1v) is 33.4. The lowest BCUT2D eigenvalue weighted by Gasteiger charge is -2.41. The summed E-state index contributed by atoms with van der Waals surface area (Å²) < 4.78 is 17.6. The van der Waals surface area contributed by atoms with Gasteiger partial charge < -0.3 is 45.1 Å². The molecule has 1 rings (SSSR count). The molecule has 0 spiro atoms. The van der Waals surface area contributed by atoms with Gasteiger partial charge in [0.2, 0.25) is 5.91 Å². The molecule has 0 saturated carbocycles. The lowest BCUT2D eigenvalue weighted by Crippen LogP contribution is -2.61. The zero-order valence-corrected chi connectivity index (χ0v) is 51.9. The largest absolute Gasteiger partial charge is 0.454 e. The molecule has 468 valence electrons.